The first-order valence-corrected chi connectivity index (χ1v) is 9.64. The van der Waals surface area contributed by atoms with E-state index in [4.69, 9.17) is 18.6 Å². The topological polar surface area (TPSA) is 116 Å². The molecule has 0 spiro atoms. The number of nitrogens with one attached hydrogen (secondary N) is 2. The van der Waals surface area contributed by atoms with Crippen LogP contribution in [0.15, 0.2) is 40.0 Å². The summed E-state index contributed by atoms with van der Waals surface area (Å²) in [7, 11) is 1.52. The van der Waals surface area contributed by atoms with Crippen molar-refractivity contribution >= 4 is 28.9 Å². The van der Waals surface area contributed by atoms with Crippen molar-refractivity contribution in [3.05, 3.63) is 46.9 Å². The van der Waals surface area contributed by atoms with E-state index in [1.54, 1.807) is 19.1 Å². The molecule has 3 rings (SSSR count). The Bertz CT molecular complexity index is 992. The van der Waals surface area contributed by atoms with Crippen molar-refractivity contribution in [2.24, 2.45) is 0 Å². The zero-order valence-corrected chi connectivity index (χ0v) is 17.1. The number of carbonyl (C=O) groups excluding carboxylic acids is 3. The maximum absolute atomic E-state index is 12.7. The number of esters is 2. The molecule has 2 heterocycles. The van der Waals surface area contributed by atoms with Crippen LogP contribution < -0.4 is 10.6 Å². The van der Waals surface area contributed by atoms with Crippen LogP contribution in [-0.4, -0.2) is 44.3 Å². The lowest BCUT2D eigenvalue weighted by molar-refractivity contribution is -0.139. The number of hydrogen-bond donors (Lipinski definition) is 2. The monoisotopic (exact) mass is 416 g/mol. The highest BCUT2D eigenvalue weighted by atomic mass is 16.5. The molecule has 0 saturated carbocycles. The predicted octanol–water partition coefficient (Wildman–Crippen LogP) is 2.64. The Hall–Kier alpha value is -3.33. The third kappa shape index (κ3) is 4.30. The largest absolute Gasteiger partial charge is 0.463 e. The minimum Gasteiger partial charge on any atom is -0.463 e. The fraction of sp³-hybridized carbons (Fsp3) is 0.381. The van der Waals surface area contributed by atoms with Gasteiger partial charge in [0.15, 0.2) is 0 Å². The number of methoxy groups -OCH3 is 1. The van der Waals surface area contributed by atoms with Gasteiger partial charge in [-0.05, 0) is 19.4 Å². The van der Waals surface area contributed by atoms with Gasteiger partial charge in [0, 0.05) is 18.1 Å². The first-order chi connectivity index (χ1) is 14.5. The molecular weight excluding hydrogens is 392 g/mol. The van der Waals surface area contributed by atoms with E-state index in [1.807, 2.05) is 19.1 Å². The number of carbonyl (C=O) groups is 3. The van der Waals surface area contributed by atoms with Crippen molar-refractivity contribution in [3.8, 4) is 0 Å². The number of para-hydroxylation sites is 1. The average Bonchev–Trinajstić information content (AvgIpc) is 3.10. The van der Waals surface area contributed by atoms with E-state index in [1.165, 1.54) is 7.11 Å². The number of amides is 2. The molecule has 160 valence electrons. The van der Waals surface area contributed by atoms with Crippen LogP contribution in [0.3, 0.4) is 0 Å². The van der Waals surface area contributed by atoms with Gasteiger partial charge >= 0.3 is 18.0 Å². The number of furan rings is 1. The van der Waals surface area contributed by atoms with Gasteiger partial charge in [-0.3, -0.25) is 0 Å². The van der Waals surface area contributed by atoms with Gasteiger partial charge in [-0.25, -0.2) is 14.4 Å². The highest BCUT2D eigenvalue weighted by Crippen LogP contribution is 2.27. The molecule has 9 nitrogen and oxygen atoms in total. The Kier molecular flexibility index (Phi) is 6.73. The third-order valence-electron chi connectivity index (χ3n) is 4.67. The number of urea groups is 1. The molecule has 1 aromatic heterocycles. The average molecular weight is 416 g/mol. The number of fused-ring (bicyclic) bond motifs is 1. The molecule has 0 bridgehead atoms. The lowest BCUT2D eigenvalue weighted by Crippen LogP contribution is -2.51. The summed E-state index contributed by atoms with van der Waals surface area (Å²) in [4.78, 5) is 37.1. The maximum Gasteiger partial charge on any atom is 0.375 e. The number of benzene rings is 1. The number of hydrogen-bond acceptors (Lipinski definition) is 7. The van der Waals surface area contributed by atoms with Gasteiger partial charge in [-0.1, -0.05) is 25.1 Å². The van der Waals surface area contributed by atoms with E-state index < -0.39 is 24.0 Å². The molecule has 9 heteroatoms. The van der Waals surface area contributed by atoms with Crippen LogP contribution in [0.5, 0.6) is 0 Å². The van der Waals surface area contributed by atoms with Crippen LogP contribution >= 0.6 is 0 Å². The highest BCUT2D eigenvalue weighted by Gasteiger charge is 2.32. The Morgan fingerprint density at radius 2 is 1.87 bits per heavy atom. The van der Waals surface area contributed by atoms with Crippen LogP contribution in [0.4, 0.5) is 4.79 Å². The van der Waals surface area contributed by atoms with Crippen molar-refractivity contribution < 1.29 is 33.0 Å². The molecule has 1 aromatic carbocycles. The molecule has 30 heavy (non-hydrogen) atoms. The van der Waals surface area contributed by atoms with E-state index in [2.05, 4.69) is 10.6 Å². The third-order valence-corrected chi connectivity index (χ3v) is 4.67. The second-order valence-electron chi connectivity index (χ2n) is 6.59. The van der Waals surface area contributed by atoms with Crippen molar-refractivity contribution in [1.29, 1.82) is 0 Å². The summed E-state index contributed by atoms with van der Waals surface area (Å²) < 4.78 is 21.3. The maximum atomic E-state index is 12.7. The van der Waals surface area contributed by atoms with Crippen molar-refractivity contribution in [3.63, 3.8) is 0 Å². The molecule has 1 unspecified atom stereocenters. The zero-order valence-electron chi connectivity index (χ0n) is 17.1. The van der Waals surface area contributed by atoms with E-state index in [-0.39, 0.29) is 36.9 Å². The molecule has 2 N–H and O–H groups in total. The summed E-state index contributed by atoms with van der Waals surface area (Å²) in [6, 6.07) is 6.17. The normalized spacial score (nSPS) is 16.2. The van der Waals surface area contributed by atoms with E-state index in [9.17, 15) is 14.4 Å². The van der Waals surface area contributed by atoms with Crippen LogP contribution in [0.1, 0.15) is 36.4 Å². The zero-order chi connectivity index (χ0) is 21.7. The van der Waals surface area contributed by atoms with Gasteiger partial charge in [0.05, 0.1) is 30.5 Å². The summed E-state index contributed by atoms with van der Waals surface area (Å²) in [5.74, 6) is -1.29. The first-order valence-electron chi connectivity index (χ1n) is 9.64. The minimum absolute atomic E-state index is 0.0173. The Balaban J connectivity index is 1.88. The SMILES string of the molecule is CCOC(=O)C1=C(COC(=O)c2oc3ccccc3c2COC)NC(=O)NC1CC. The molecule has 2 aromatic rings. The molecule has 0 saturated heterocycles. The fourth-order valence-electron chi connectivity index (χ4n) is 3.33. The lowest BCUT2D eigenvalue weighted by atomic mass is 10.0. The molecule has 0 fully saturated rings. The predicted molar refractivity (Wildman–Crippen MR) is 107 cm³/mol. The quantitative estimate of drug-likeness (QED) is 0.636. The van der Waals surface area contributed by atoms with Gasteiger partial charge in [0.1, 0.15) is 12.2 Å². The molecule has 1 aliphatic rings. The minimum atomic E-state index is -0.727. The van der Waals surface area contributed by atoms with Crippen molar-refractivity contribution in [2.75, 3.05) is 20.3 Å². The number of ether oxygens (including phenoxy) is 3. The van der Waals surface area contributed by atoms with E-state index in [0.29, 0.717) is 17.6 Å². The van der Waals surface area contributed by atoms with Crippen LogP contribution in [0, 0.1) is 0 Å². The second-order valence-corrected chi connectivity index (χ2v) is 6.59. The van der Waals surface area contributed by atoms with Gasteiger partial charge in [0.25, 0.3) is 0 Å². The molecule has 0 aliphatic carbocycles. The Labute approximate surface area is 173 Å². The molecule has 1 atom stereocenters. The van der Waals surface area contributed by atoms with Crippen molar-refractivity contribution in [1.82, 2.24) is 10.6 Å². The Morgan fingerprint density at radius 1 is 1.10 bits per heavy atom. The molecular formula is C21H24N2O7. The summed E-state index contributed by atoms with van der Waals surface area (Å²) in [5.41, 5.74) is 1.51. The van der Waals surface area contributed by atoms with Crippen LogP contribution in [-0.2, 0) is 25.6 Å². The highest BCUT2D eigenvalue weighted by molar-refractivity contribution is 5.97. The summed E-state index contributed by atoms with van der Waals surface area (Å²) in [5, 5.41) is 5.95. The fourth-order valence-corrected chi connectivity index (χ4v) is 3.33. The summed E-state index contributed by atoms with van der Waals surface area (Å²) in [6.45, 7) is 3.54. The van der Waals surface area contributed by atoms with Gasteiger partial charge in [-0.2, -0.15) is 0 Å². The van der Waals surface area contributed by atoms with E-state index >= 15 is 0 Å². The van der Waals surface area contributed by atoms with Crippen LogP contribution in [0.25, 0.3) is 11.0 Å². The van der Waals surface area contributed by atoms with Gasteiger partial charge in [0.2, 0.25) is 5.76 Å². The van der Waals surface area contributed by atoms with Gasteiger partial charge < -0.3 is 29.3 Å². The lowest BCUT2D eigenvalue weighted by Gasteiger charge is -2.28. The van der Waals surface area contributed by atoms with Crippen LogP contribution in [0.2, 0.25) is 0 Å². The summed E-state index contributed by atoms with van der Waals surface area (Å²) in [6.07, 6.45) is 0.473. The van der Waals surface area contributed by atoms with Crippen molar-refractivity contribution in [2.45, 2.75) is 32.9 Å². The van der Waals surface area contributed by atoms with E-state index in [0.717, 1.165) is 5.39 Å². The standard InChI is InChI=1S/C21H24N2O7/c1-4-14-17(19(24)28-5-2)15(23-21(26)22-14)11-29-20(25)18-13(10-27-3)12-8-6-7-9-16(12)30-18/h6-9,14H,4-5,10-11H2,1-3H3,(H2,22,23,26). The molecule has 2 amide bonds. The second kappa shape index (κ2) is 9.45. The summed E-state index contributed by atoms with van der Waals surface area (Å²) >= 11 is 0. The molecule has 1 aliphatic heterocycles. The smallest absolute Gasteiger partial charge is 0.375 e. The number of rotatable bonds is 8. The molecule has 0 radical (unpaired) electrons. The first kappa shape index (κ1) is 21.4. The van der Waals surface area contributed by atoms with Gasteiger partial charge in [-0.15, -0.1) is 0 Å². The Morgan fingerprint density at radius 3 is 2.57 bits per heavy atom.